The lowest BCUT2D eigenvalue weighted by molar-refractivity contribution is 0.355. The number of thiazole rings is 1. The first-order valence-electron chi connectivity index (χ1n) is 7.80. The van der Waals surface area contributed by atoms with Crippen LogP contribution in [-0.2, 0) is 6.42 Å². The van der Waals surface area contributed by atoms with Crippen molar-refractivity contribution in [3.63, 3.8) is 0 Å². The third-order valence-corrected chi connectivity index (χ3v) is 5.46. The van der Waals surface area contributed by atoms with Gasteiger partial charge in [0.2, 0.25) is 11.7 Å². The van der Waals surface area contributed by atoms with E-state index >= 15 is 0 Å². The molecular formula is C18H15N3O3S2. The molecule has 4 aromatic rings. The van der Waals surface area contributed by atoms with Crippen LogP contribution in [0.4, 0.5) is 0 Å². The molecule has 0 aliphatic heterocycles. The lowest BCUT2D eigenvalue weighted by Gasteiger charge is -2.08. The maximum Gasteiger partial charge on any atom is 0.233 e. The predicted octanol–water partition coefficient (Wildman–Crippen LogP) is 4.53. The van der Waals surface area contributed by atoms with Gasteiger partial charge in [-0.3, -0.25) is 0 Å². The first-order chi connectivity index (χ1) is 12.8. The summed E-state index contributed by atoms with van der Waals surface area (Å²) in [6.45, 7) is 0. The summed E-state index contributed by atoms with van der Waals surface area (Å²) in [5.41, 5.74) is 1.85. The van der Waals surface area contributed by atoms with E-state index in [9.17, 15) is 0 Å². The number of thiophene rings is 1. The highest BCUT2D eigenvalue weighted by Crippen LogP contribution is 2.33. The van der Waals surface area contributed by atoms with Crippen LogP contribution in [0.3, 0.4) is 0 Å². The Balaban J connectivity index is 1.53. The Hall–Kier alpha value is -2.71. The third kappa shape index (κ3) is 3.33. The van der Waals surface area contributed by atoms with Gasteiger partial charge in [-0.1, -0.05) is 11.2 Å². The summed E-state index contributed by atoms with van der Waals surface area (Å²) in [5.74, 6) is 2.55. The van der Waals surface area contributed by atoms with E-state index in [1.54, 1.807) is 36.9 Å². The molecule has 0 saturated heterocycles. The number of benzene rings is 1. The number of aromatic nitrogens is 3. The molecule has 0 bridgehead atoms. The zero-order valence-electron chi connectivity index (χ0n) is 14.1. The summed E-state index contributed by atoms with van der Waals surface area (Å²) in [6, 6.07) is 9.68. The van der Waals surface area contributed by atoms with Gasteiger partial charge < -0.3 is 14.0 Å². The molecule has 0 unspecified atom stereocenters. The minimum Gasteiger partial charge on any atom is -0.493 e. The van der Waals surface area contributed by atoms with Crippen LogP contribution < -0.4 is 9.47 Å². The molecule has 0 aliphatic carbocycles. The zero-order valence-corrected chi connectivity index (χ0v) is 15.8. The van der Waals surface area contributed by atoms with Gasteiger partial charge >= 0.3 is 0 Å². The molecular weight excluding hydrogens is 370 g/mol. The highest BCUT2D eigenvalue weighted by molar-refractivity contribution is 7.13. The number of nitrogens with zero attached hydrogens (tertiary/aromatic N) is 3. The molecule has 0 N–H and O–H groups in total. The predicted molar refractivity (Wildman–Crippen MR) is 101 cm³/mol. The smallest absolute Gasteiger partial charge is 0.233 e. The summed E-state index contributed by atoms with van der Waals surface area (Å²) < 4.78 is 16.0. The van der Waals surface area contributed by atoms with Crippen molar-refractivity contribution in [1.82, 2.24) is 15.1 Å². The van der Waals surface area contributed by atoms with Gasteiger partial charge in [0.1, 0.15) is 5.01 Å². The van der Waals surface area contributed by atoms with Gasteiger partial charge in [-0.2, -0.15) is 4.98 Å². The summed E-state index contributed by atoms with van der Waals surface area (Å²) in [7, 11) is 3.24. The summed E-state index contributed by atoms with van der Waals surface area (Å²) in [5, 5.41) is 8.94. The lowest BCUT2D eigenvalue weighted by atomic mass is 10.1. The zero-order chi connectivity index (χ0) is 17.9. The maximum absolute atomic E-state index is 5.36. The van der Waals surface area contributed by atoms with Gasteiger partial charge in [0, 0.05) is 10.9 Å². The fourth-order valence-corrected chi connectivity index (χ4v) is 3.93. The number of hydrogen-bond donors (Lipinski definition) is 0. The van der Waals surface area contributed by atoms with E-state index in [4.69, 9.17) is 14.0 Å². The van der Waals surface area contributed by atoms with Gasteiger partial charge in [0.05, 0.1) is 31.2 Å². The Kier molecular flexibility index (Phi) is 4.68. The molecule has 132 valence electrons. The molecule has 0 fully saturated rings. The Labute approximate surface area is 158 Å². The van der Waals surface area contributed by atoms with Crippen LogP contribution in [0.2, 0.25) is 0 Å². The van der Waals surface area contributed by atoms with Gasteiger partial charge in [-0.05, 0) is 29.6 Å². The minimum atomic E-state index is 0.510. The van der Waals surface area contributed by atoms with E-state index in [1.165, 1.54) is 0 Å². The molecule has 0 atom stereocenters. The Morgan fingerprint density at radius 2 is 1.92 bits per heavy atom. The number of rotatable bonds is 6. The topological polar surface area (TPSA) is 70.3 Å². The molecule has 0 aliphatic rings. The molecule has 0 saturated carbocycles. The Morgan fingerprint density at radius 1 is 1.04 bits per heavy atom. The van der Waals surface area contributed by atoms with E-state index < -0.39 is 0 Å². The SMILES string of the molecule is COc1ccc(-c2csc(Cc3nc(-c4cccs4)no3)n2)cc1OC. The first kappa shape index (κ1) is 16.7. The second kappa shape index (κ2) is 7.27. The van der Waals surface area contributed by atoms with Crippen molar-refractivity contribution in [1.29, 1.82) is 0 Å². The number of methoxy groups -OCH3 is 2. The largest absolute Gasteiger partial charge is 0.493 e. The van der Waals surface area contributed by atoms with Crippen molar-refractivity contribution >= 4 is 22.7 Å². The normalized spacial score (nSPS) is 10.8. The molecule has 0 radical (unpaired) electrons. The van der Waals surface area contributed by atoms with Crippen LogP contribution in [0.5, 0.6) is 11.5 Å². The van der Waals surface area contributed by atoms with Crippen LogP contribution in [0.25, 0.3) is 22.0 Å². The molecule has 3 aromatic heterocycles. The van der Waals surface area contributed by atoms with Crippen LogP contribution >= 0.6 is 22.7 Å². The van der Waals surface area contributed by atoms with E-state index in [0.717, 1.165) is 21.1 Å². The Bertz CT molecular complexity index is 1010. The monoisotopic (exact) mass is 385 g/mol. The van der Waals surface area contributed by atoms with Gasteiger partial charge in [0.15, 0.2) is 11.5 Å². The average Bonchev–Trinajstić information content (AvgIpc) is 3.42. The van der Waals surface area contributed by atoms with Gasteiger partial charge in [-0.25, -0.2) is 4.98 Å². The van der Waals surface area contributed by atoms with E-state index in [-0.39, 0.29) is 0 Å². The summed E-state index contributed by atoms with van der Waals surface area (Å²) in [4.78, 5) is 10.1. The quantitative estimate of drug-likeness (QED) is 0.486. The van der Waals surface area contributed by atoms with E-state index in [1.807, 2.05) is 41.1 Å². The molecule has 6 nitrogen and oxygen atoms in total. The van der Waals surface area contributed by atoms with Crippen molar-refractivity contribution in [3.05, 3.63) is 52.0 Å². The van der Waals surface area contributed by atoms with E-state index in [2.05, 4.69) is 15.1 Å². The standard InChI is InChI=1S/C18H15N3O3S2/c1-22-13-6-5-11(8-14(13)23-2)12-10-26-17(19-12)9-16-20-18(21-24-16)15-4-3-7-25-15/h3-8,10H,9H2,1-2H3. The Morgan fingerprint density at radius 3 is 2.69 bits per heavy atom. The average molecular weight is 385 g/mol. The number of hydrogen-bond acceptors (Lipinski definition) is 8. The van der Waals surface area contributed by atoms with Crippen molar-refractivity contribution in [2.45, 2.75) is 6.42 Å². The van der Waals surface area contributed by atoms with Crippen molar-refractivity contribution in [2.24, 2.45) is 0 Å². The van der Waals surface area contributed by atoms with Crippen LogP contribution in [0.1, 0.15) is 10.9 Å². The molecule has 0 spiro atoms. The third-order valence-electron chi connectivity index (χ3n) is 3.74. The van der Waals surface area contributed by atoms with Crippen molar-refractivity contribution in [3.8, 4) is 33.5 Å². The fourth-order valence-electron chi connectivity index (χ4n) is 2.48. The molecule has 1 aromatic carbocycles. The highest BCUT2D eigenvalue weighted by atomic mass is 32.1. The van der Waals surface area contributed by atoms with Gasteiger partial charge in [-0.15, -0.1) is 22.7 Å². The maximum atomic E-state index is 5.36. The summed E-state index contributed by atoms with van der Waals surface area (Å²) >= 11 is 3.14. The lowest BCUT2D eigenvalue weighted by Crippen LogP contribution is -1.91. The second-order valence-corrected chi connectivity index (χ2v) is 7.25. The first-order valence-corrected chi connectivity index (χ1v) is 9.56. The minimum absolute atomic E-state index is 0.510. The molecule has 26 heavy (non-hydrogen) atoms. The van der Waals surface area contributed by atoms with Gasteiger partial charge in [0.25, 0.3) is 0 Å². The van der Waals surface area contributed by atoms with Crippen LogP contribution in [0.15, 0.2) is 45.6 Å². The highest BCUT2D eigenvalue weighted by Gasteiger charge is 2.13. The molecule has 4 rings (SSSR count). The van der Waals surface area contributed by atoms with Crippen molar-refractivity contribution < 1.29 is 14.0 Å². The van der Waals surface area contributed by atoms with Crippen molar-refractivity contribution in [2.75, 3.05) is 14.2 Å². The van der Waals surface area contributed by atoms with E-state index in [0.29, 0.717) is 29.6 Å². The summed E-state index contributed by atoms with van der Waals surface area (Å²) in [6.07, 6.45) is 0.510. The molecule has 3 heterocycles. The number of ether oxygens (including phenoxy) is 2. The van der Waals surface area contributed by atoms with Crippen LogP contribution in [0, 0.1) is 0 Å². The molecule has 0 amide bonds. The second-order valence-electron chi connectivity index (χ2n) is 5.36. The fraction of sp³-hybridized carbons (Fsp3) is 0.167. The van der Waals surface area contributed by atoms with Crippen LogP contribution in [-0.4, -0.2) is 29.3 Å². The molecule has 8 heteroatoms.